The van der Waals surface area contributed by atoms with E-state index in [1.165, 1.54) is 23.1 Å². The highest BCUT2D eigenvalue weighted by atomic mass is 32.2. The third-order valence-corrected chi connectivity index (χ3v) is 7.78. The Labute approximate surface area is 202 Å². The van der Waals surface area contributed by atoms with Gasteiger partial charge in [-0.15, -0.1) is 11.3 Å². The molecule has 5 heterocycles. The number of carbonyl (C=O) groups is 1. The summed E-state index contributed by atoms with van der Waals surface area (Å²) in [6.07, 6.45) is 3.54. The van der Waals surface area contributed by atoms with Gasteiger partial charge in [-0.3, -0.25) is 14.2 Å². The number of ether oxygens (including phenoxy) is 3. The lowest BCUT2D eigenvalue weighted by molar-refractivity contribution is -0.113. The topological polar surface area (TPSA) is 105 Å². The molecule has 3 aromatic heterocycles. The average Bonchev–Trinajstić information content (AvgIpc) is 3.59. The van der Waals surface area contributed by atoms with Crippen LogP contribution in [0.3, 0.4) is 0 Å². The highest BCUT2D eigenvalue weighted by Crippen LogP contribution is 2.34. The summed E-state index contributed by atoms with van der Waals surface area (Å²) < 4.78 is 18.7. The molecule has 0 saturated carbocycles. The summed E-state index contributed by atoms with van der Waals surface area (Å²) in [4.78, 5) is 36.1. The minimum Gasteiger partial charge on any atom is -0.454 e. The maximum atomic E-state index is 13.5. The quantitative estimate of drug-likeness (QED) is 0.319. The molecule has 0 unspecified atom stereocenters. The lowest BCUT2D eigenvalue weighted by atomic mass is 10.2. The first-order chi connectivity index (χ1) is 16.7. The van der Waals surface area contributed by atoms with E-state index >= 15 is 0 Å². The number of rotatable bonds is 6. The molecule has 9 nitrogen and oxygen atoms in total. The van der Waals surface area contributed by atoms with Crippen LogP contribution in [-0.4, -0.2) is 45.7 Å². The maximum Gasteiger partial charge on any atom is 0.272 e. The van der Waals surface area contributed by atoms with E-state index in [0.29, 0.717) is 45.7 Å². The van der Waals surface area contributed by atoms with E-state index in [9.17, 15) is 9.59 Å². The van der Waals surface area contributed by atoms with Gasteiger partial charge in [-0.25, -0.2) is 9.97 Å². The Morgan fingerprint density at radius 3 is 3.06 bits per heavy atom. The predicted molar refractivity (Wildman–Crippen MR) is 130 cm³/mol. The molecule has 11 heteroatoms. The second-order valence-electron chi connectivity index (χ2n) is 7.99. The fourth-order valence-corrected chi connectivity index (χ4v) is 5.94. The molecule has 1 fully saturated rings. The number of amides is 1. The van der Waals surface area contributed by atoms with Crippen molar-refractivity contribution in [3.05, 3.63) is 46.9 Å². The summed E-state index contributed by atoms with van der Waals surface area (Å²) in [6.45, 7) is 1.28. The third kappa shape index (κ3) is 3.99. The van der Waals surface area contributed by atoms with Crippen LogP contribution in [0.15, 0.2) is 46.5 Å². The van der Waals surface area contributed by atoms with Gasteiger partial charge < -0.3 is 19.5 Å². The molecule has 0 radical (unpaired) electrons. The van der Waals surface area contributed by atoms with Crippen molar-refractivity contribution in [2.45, 2.75) is 30.6 Å². The molecule has 1 saturated heterocycles. The Bertz CT molecular complexity index is 1460. The maximum absolute atomic E-state index is 13.5. The van der Waals surface area contributed by atoms with E-state index in [4.69, 9.17) is 19.2 Å². The lowest BCUT2D eigenvalue weighted by Gasteiger charge is -2.15. The molecule has 1 amide bonds. The van der Waals surface area contributed by atoms with Crippen LogP contribution in [0.2, 0.25) is 0 Å². The molecule has 174 valence electrons. The standard InChI is InChI=1S/C23H20N4O5S2/c28-18(25-13-5-6-16-17(9-13)32-12-31-16)11-33-23-26-19-15-4-1-7-24-21(15)34-20(19)22(29)27(23)10-14-3-2-8-30-14/h1,4-7,9,14H,2-3,8,10-12H2,(H,25,28)/t14-/m0/s1. The van der Waals surface area contributed by atoms with E-state index in [1.807, 2.05) is 12.1 Å². The molecular formula is C23H20N4O5S2. The number of anilines is 1. The second kappa shape index (κ2) is 8.90. The number of nitrogens with one attached hydrogen (secondary N) is 1. The van der Waals surface area contributed by atoms with Crippen LogP contribution < -0.4 is 20.3 Å². The molecule has 0 spiro atoms. The van der Waals surface area contributed by atoms with E-state index < -0.39 is 0 Å². The highest BCUT2D eigenvalue weighted by Gasteiger charge is 2.23. The number of hydrogen-bond donors (Lipinski definition) is 1. The normalized spacial score (nSPS) is 17.0. The molecule has 34 heavy (non-hydrogen) atoms. The Kier molecular flexibility index (Phi) is 5.60. The van der Waals surface area contributed by atoms with Crippen molar-refractivity contribution < 1.29 is 19.0 Å². The monoisotopic (exact) mass is 496 g/mol. The zero-order valence-electron chi connectivity index (χ0n) is 18.0. The van der Waals surface area contributed by atoms with Gasteiger partial charge in [0.1, 0.15) is 9.53 Å². The third-order valence-electron chi connectivity index (χ3n) is 5.72. The Morgan fingerprint density at radius 2 is 2.18 bits per heavy atom. The number of benzene rings is 1. The fraction of sp³-hybridized carbons (Fsp3) is 0.304. The molecule has 4 aromatic rings. The summed E-state index contributed by atoms with van der Waals surface area (Å²) in [5.41, 5.74) is 1.12. The van der Waals surface area contributed by atoms with Gasteiger partial charge in [0.25, 0.3) is 5.56 Å². The number of thioether (sulfide) groups is 1. The van der Waals surface area contributed by atoms with Crippen LogP contribution in [0.25, 0.3) is 20.4 Å². The first-order valence-corrected chi connectivity index (χ1v) is 12.7. The molecule has 2 aliphatic rings. The van der Waals surface area contributed by atoms with Gasteiger partial charge in [0.15, 0.2) is 16.7 Å². The minimum atomic E-state index is -0.210. The highest BCUT2D eigenvalue weighted by molar-refractivity contribution is 7.99. The summed E-state index contributed by atoms with van der Waals surface area (Å²) >= 11 is 2.58. The SMILES string of the molecule is O=C(CSc1nc2c(sc3ncccc32)c(=O)n1C[C@@H]1CCCO1)Nc1ccc2c(c1)OCO2. The van der Waals surface area contributed by atoms with Crippen molar-refractivity contribution in [2.24, 2.45) is 0 Å². The van der Waals surface area contributed by atoms with Gasteiger partial charge in [-0.05, 0) is 37.1 Å². The number of aromatic nitrogens is 3. The van der Waals surface area contributed by atoms with Gasteiger partial charge >= 0.3 is 0 Å². The van der Waals surface area contributed by atoms with Crippen LogP contribution in [0.4, 0.5) is 5.69 Å². The summed E-state index contributed by atoms with van der Waals surface area (Å²) in [5, 5.41) is 4.21. The van der Waals surface area contributed by atoms with Gasteiger partial charge in [0.2, 0.25) is 12.7 Å². The summed E-state index contributed by atoms with van der Waals surface area (Å²) in [5.74, 6) is 1.14. The number of carbonyl (C=O) groups excluding carboxylic acids is 1. The van der Waals surface area contributed by atoms with Gasteiger partial charge in [0.05, 0.1) is 23.9 Å². The Balaban J connectivity index is 1.29. The van der Waals surface area contributed by atoms with Crippen molar-refractivity contribution in [1.82, 2.24) is 14.5 Å². The predicted octanol–water partition coefficient (Wildman–Crippen LogP) is 3.64. The zero-order valence-corrected chi connectivity index (χ0v) is 19.6. The number of thiophene rings is 1. The first-order valence-electron chi connectivity index (χ1n) is 10.9. The minimum absolute atomic E-state index is 0.0359. The number of nitrogens with zero attached hydrogens (tertiary/aromatic N) is 3. The fourth-order valence-electron chi connectivity index (χ4n) is 4.11. The average molecular weight is 497 g/mol. The van der Waals surface area contributed by atoms with Crippen molar-refractivity contribution >= 4 is 55.1 Å². The van der Waals surface area contributed by atoms with Gasteiger partial charge in [0, 0.05) is 29.9 Å². The smallest absolute Gasteiger partial charge is 0.272 e. The summed E-state index contributed by atoms with van der Waals surface area (Å²) in [7, 11) is 0. The van der Waals surface area contributed by atoms with Crippen LogP contribution in [-0.2, 0) is 16.1 Å². The number of fused-ring (bicyclic) bond motifs is 4. The van der Waals surface area contributed by atoms with Crippen molar-refractivity contribution in [2.75, 3.05) is 24.5 Å². The van der Waals surface area contributed by atoms with Crippen LogP contribution in [0, 0.1) is 0 Å². The lowest BCUT2D eigenvalue weighted by Crippen LogP contribution is -2.28. The molecule has 0 bridgehead atoms. The largest absolute Gasteiger partial charge is 0.454 e. The summed E-state index contributed by atoms with van der Waals surface area (Å²) in [6, 6.07) is 9.00. The second-order valence-corrected chi connectivity index (χ2v) is 9.93. The van der Waals surface area contributed by atoms with Gasteiger partial charge in [-0.1, -0.05) is 11.8 Å². The number of hydrogen-bond acceptors (Lipinski definition) is 9. The van der Waals surface area contributed by atoms with Crippen molar-refractivity contribution in [3.63, 3.8) is 0 Å². The molecule has 1 aromatic carbocycles. The van der Waals surface area contributed by atoms with Gasteiger partial charge in [-0.2, -0.15) is 0 Å². The van der Waals surface area contributed by atoms with Crippen LogP contribution >= 0.6 is 23.1 Å². The molecule has 2 aliphatic heterocycles. The zero-order chi connectivity index (χ0) is 23.1. The molecule has 1 atom stereocenters. The van der Waals surface area contributed by atoms with E-state index in [0.717, 1.165) is 23.1 Å². The molecule has 0 aliphatic carbocycles. The molecular weight excluding hydrogens is 476 g/mol. The van der Waals surface area contributed by atoms with Crippen LogP contribution in [0.5, 0.6) is 11.5 Å². The Morgan fingerprint density at radius 1 is 1.26 bits per heavy atom. The Hall–Kier alpha value is -3.15. The van der Waals surface area contributed by atoms with Crippen molar-refractivity contribution in [3.8, 4) is 11.5 Å². The number of pyridine rings is 1. The molecule has 6 rings (SSSR count). The van der Waals surface area contributed by atoms with E-state index in [-0.39, 0.29) is 30.1 Å². The molecule has 1 N–H and O–H groups in total. The van der Waals surface area contributed by atoms with E-state index in [2.05, 4.69) is 10.3 Å². The van der Waals surface area contributed by atoms with E-state index in [1.54, 1.807) is 29.0 Å². The van der Waals surface area contributed by atoms with Crippen LogP contribution in [0.1, 0.15) is 12.8 Å². The first kappa shape index (κ1) is 21.4. The van der Waals surface area contributed by atoms with Crippen molar-refractivity contribution in [1.29, 1.82) is 0 Å².